The van der Waals surface area contributed by atoms with Crippen molar-refractivity contribution in [3.8, 4) is 11.6 Å². The Balaban J connectivity index is 1.48. The molecule has 0 N–H and O–H groups in total. The first-order valence-electron chi connectivity index (χ1n) is 9.04. The lowest BCUT2D eigenvalue weighted by Crippen LogP contribution is -2.39. The number of ether oxygens (including phenoxy) is 1. The molecule has 0 radical (unpaired) electrons. The van der Waals surface area contributed by atoms with Crippen molar-refractivity contribution in [2.24, 2.45) is 0 Å². The summed E-state index contributed by atoms with van der Waals surface area (Å²) in [5.74, 6) is 1.38. The number of carbonyl (C=O) groups is 1. The van der Waals surface area contributed by atoms with Gasteiger partial charge in [0.2, 0.25) is 5.88 Å². The number of aromatic nitrogens is 3. The van der Waals surface area contributed by atoms with E-state index in [0.717, 1.165) is 30.8 Å². The highest BCUT2D eigenvalue weighted by molar-refractivity contribution is 5.94. The van der Waals surface area contributed by atoms with Gasteiger partial charge in [-0.1, -0.05) is 18.2 Å². The molecule has 0 saturated carbocycles. The van der Waals surface area contributed by atoms with E-state index in [1.807, 2.05) is 35.2 Å². The predicted octanol–water partition coefficient (Wildman–Crippen LogP) is 3.68. The van der Waals surface area contributed by atoms with Crippen LogP contribution in [0.15, 0.2) is 67.3 Å². The number of amides is 1. The molecule has 1 fully saturated rings. The van der Waals surface area contributed by atoms with Crippen LogP contribution in [-0.4, -0.2) is 38.8 Å². The van der Waals surface area contributed by atoms with Gasteiger partial charge in [-0.05, 0) is 37.1 Å². The first kappa shape index (κ1) is 17.1. The number of hydrogen-bond acceptors (Lipinski definition) is 5. The summed E-state index contributed by atoms with van der Waals surface area (Å²) in [5.41, 5.74) is 1.52. The highest BCUT2D eigenvalue weighted by atomic mass is 16.5. The van der Waals surface area contributed by atoms with E-state index in [9.17, 15) is 4.79 Å². The summed E-state index contributed by atoms with van der Waals surface area (Å²) in [6.45, 7) is 1.38. The maximum absolute atomic E-state index is 12.7. The lowest BCUT2D eigenvalue weighted by Gasteiger charge is -2.32. The smallest absolute Gasteiger partial charge is 0.253 e. The number of para-hydroxylation sites is 1. The number of rotatable bonds is 4. The van der Waals surface area contributed by atoms with Gasteiger partial charge in [-0.3, -0.25) is 14.8 Å². The fourth-order valence-corrected chi connectivity index (χ4v) is 3.30. The molecule has 1 aliphatic rings. The Morgan fingerprint density at radius 3 is 2.67 bits per heavy atom. The Morgan fingerprint density at radius 2 is 1.85 bits per heavy atom. The zero-order chi connectivity index (χ0) is 18.5. The van der Waals surface area contributed by atoms with E-state index in [-0.39, 0.29) is 11.8 Å². The van der Waals surface area contributed by atoms with Crippen LogP contribution in [0.5, 0.6) is 11.6 Å². The van der Waals surface area contributed by atoms with Gasteiger partial charge in [-0.15, -0.1) is 0 Å². The molecule has 6 heteroatoms. The summed E-state index contributed by atoms with van der Waals surface area (Å²) in [6, 6.07) is 13.0. The number of carbonyl (C=O) groups excluding carboxylic acids is 1. The normalized spacial score (nSPS) is 16.7. The number of likely N-dealkylation sites (tertiary alicyclic amines) is 1. The first-order valence-corrected chi connectivity index (χ1v) is 9.04. The quantitative estimate of drug-likeness (QED) is 0.710. The third kappa shape index (κ3) is 4.11. The summed E-state index contributed by atoms with van der Waals surface area (Å²) >= 11 is 0. The van der Waals surface area contributed by atoms with Crippen LogP contribution in [0.2, 0.25) is 0 Å². The molecule has 3 heterocycles. The van der Waals surface area contributed by atoms with Crippen LogP contribution in [-0.2, 0) is 0 Å². The third-order valence-electron chi connectivity index (χ3n) is 4.65. The van der Waals surface area contributed by atoms with Gasteiger partial charge in [0.1, 0.15) is 5.75 Å². The molecule has 3 aromatic rings. The standard InChI is InChI=1S/C21H20N4O2/c26-21(16-8-10-22-11-9-16)25-12-4-5-17(15-25)19-13-23-14-20(24-19)27-18-6-2-1-3-7-18/h1-3,6-11,13-14,17H,4-5,12,15H2/t17-/m1/s1. The molecular weight excluding hydrogens is 340 g/mol. The molecule has 1 aromatic carbocycles. The molecule has 0 bridgehead atoms. The monoisotopic (exact) mass is 360 g/mol. The van der Waals surface area contributed by atoms with Crippen LogP contribution in [0.25, 0.3) is 0 Å². The molecule has 136 valence electrons. The first-order chi connectivity index (χ1) is 13.3. The minimum absolute atomic E-state index is 0.0340. The van der Waals surface area contributed by atoms with Crippen LogP contribution < -0.4 is 4.74 Å². The molecule has 0 spiro atoms. The molecule has 1 amide bonds. The van der Waals surface area contributed by atoms with Crippen molar-refractivity contribution >= 4 is 5.91 Å². The second-order valence-electron chi connectivity index (χ2n) is 6.52. The molecule has 1 atom stereocenters. The van der Waals surface area contributed by atoms with E-state index >= 15 is 0 Å². The van der Waals surface area contributed by atoms with E-state index in [1.54, 1.807) is 36.9 Å². The molecule has 6 nitrogen and oxygen atoms in total. The zero-order valence-electron chi connectivity index (χ0n) is 14.9. The molecular formula is C21H20N4O2. The maximum atomic E-state index is 12.7. The van der Waals surface area contributed by atoms with Crippen LogP contribution in [0.1, 0.15) is 34.8 Å². The van der Waals surface area contributed by atoms with E-state index in [4.69, 9.17) is 4.74 Å². The third-order valence-corrected chi connectivity index (χ3v) is 4.65. The molecule has 2 aromatic heterocycles. The number of nitrogens with zero attached hydrogens (tertiary/aromatic N) is 4. The van der Waals surface area contributed by atoms with Crippen molar-refractivity contribution in [1.29, 1.82) is 0 Å². The van der Waals surface area contributed by atoms with E-state index in [1.165, 1.54) is 0 Å². The number of piperidine rings is 1. The van der Waals surface area contributed by atoms with Gasteiger partial charge in [0.05, 0.1) is 11.9 Å². The Hall–Kier alpha value is -3.28. The van der Waals surface area contributed by atoms with Crippen LogP contribution >= 0.6 is 0 Å². The van der Waals surface area contributed by atoms with Crippen LogP contribution in [0.3, 0.4) is 0 Å². The average molecular weight is 360 g/mol. The summed E-state index contributed by atoms with van der Waals surface area (Å²) < 4.78 is 5.79. The van der Waals surface area contributed by atoms with Gasteiger partial charge in [-0.2, -0.15) is 0 Å². The molecule has 0 aliphatic carbocycles. The second kappa shape index (κ2) is 7.95. The van der Waals surface area contributed by atoms with Crippen LogP contribution in [0.4, 0.5) is 0 Å². The van der Waals surface area contributed by atoms with E-state index in [2.05, 4.69) is 15.0 Å². The summed E-state index contributed by atoms with van der Waals surface area (Å²) in [5, 5.41) is 0. The van der Waals surface area contributed by atoms with E-state index < -0.39 is 0 Å². The van der Waals surface area contributed by atoms with Gasteiger partial charge in [-0.25, -0.2) is 4.98 Å². The van der Waals surface area contributed by atoms with Crippen molar-refractivity contribution in [2.75, 3.05) is 13.1 Å². The van der Waals surface area contributed by atoms with Gasteiger partial charge in [0.15, 0.2) is 0 Å². The molecule has 27 heavy (non-hydrogen) atoms. The largest absolute Gasteiger partial charge is 0.437 e. The summed E-state index contributed by atoms with van der Waals surface area (Å²) in [7, 11) is 0. The molecule has 1 saturated heterocycles. The van der Waals surface area contributed by atoms with Crippen molar-refractivity contribution in [3.05, 3.63) is 78.5 Å². The van der Waals surface area contributed by atoms with Gasteiger partial charge < -0.3 is 9.64 Å². The summed E-state index contributed by atoms with van der Waals surface area (Å²) in [6.07, 6.45) is 8.58. The average Bonchev–Trinajstić information content (AvgIpc) is 2.75. The topological polar surface area (TPSA) is 68.2 Å². The molecule has 4 rings (SSSR count). The van der Waals surface area contributed by atoms with Crippen molar-refractivity contribution < 1.29 is 9.53 Å². The molecule has 0 unspecified atom stereocenters. The fourth-order valence-electron chi connectivity index (χ4n) is 3.30. The lowest BCUT2D eigenvalue weighted by atomic mass is 9.94. The van der Waals surface area contributed by atoms with Crippen molar-refractivity contribution in [3.63, 3.8) is 0 Å². The minimum atomic E-state index is 0.0340. The highest BCUT2D eigenvalue weighted by Gasteiger charge is 2.26. The predicted molar refractivity (Wildman–Crippen MR) is 101 cm³/mol. The molecule has 1 aliphatic heterocycles. The zero-order valence-corrected chi connectivity index (χ0v) is 14.9. The number of pyridine rings is 1. The van der Waals surface area contributed by atoms with Crippen molar-refractivity contribution in [1.82, 2.24) is 19.9 Å². The maximum Gasteiger partial charge on any atom is 0.253 e. The van der Waals surface area contributed by atoms with Crippen LogP contribution in [0, 0.1) is 0 Å². The number of hydrogen-bond donors (Lipinski definition) is 0. The second-order valence-corrected chi connectivity index (χ2v) is 6.52. The fraction of sp³-hybridized carbons (Fsp3) is 0.238. The lowest BCUT2D eigenvalue weighted by molar-refractivity contribution is 0.0705. The Bertz CT molecular complexity index is 902. The summed E-state index contributed by atoms with van der Waals surface area (Å²) in [4.78, 5) is 27.5. The van der Waals surface area contributed by atoms with Gasteiger partial charge in [0, 0.05) is 43.2 Å². The Morgan fingerprint density at radius 1 is 1.04 bits per heavy atom. The van der Waals surface area contributed by atoms with Gasteiger partial charge in [0.25, 0.3) is 5.91 Å². The van der Waals surface area contributed by atoms with Crippen molar-refractivity contribution in [2.45, 2.75) is 18.8 Å². The Kier molecular flexibility index (Phi) is 5.05. The minimum Gasteiger partial charge on any atom is -0.437 e. The number of benzene rings is 1. The van der Waals surface area contributed by atoms with Gasteiger partial charge >= 0.3 is 0 Å². The highest BCUT2D eigenvalue weighted by Crippen LogP contribution is 2.28. The SMILES string of the molecule is O=C(c1ccncc1)N1CCC[C@@H](c2cncc(Oc3ccccc3)n2)C1. The Labute approximate surface area is 157 Å². The van der Waals surface area contributed by atoms with E-state index in [0.29, 0.717) is 18.0 Å².